The van der Waals surface area contributed by atoms with Crippen molar-refractivity contribution in [2.75, 3.05) is 13.2 Å². The normalized spacial score (nSPS) is 29.8. The first-order chi connectivity index (χ1) is 9.74. The van der Waals surface area contributed by atoms with Crippen molar-refractivity contribution >= 4 is 5.97 Å². The van der Waals surface area contributed by atoms with Crippen molar-refractivity contribution in [3.05, 3.63) is 12.3 Å². The third-order valence-electron chi connectivity index (χ3n) is 4.84. The monoisotopic (exact) mass is 278 g/mol. The largest absolute Gasteiger partial charge is 0.498 e. The van der Waals surface area contributed by atoms with Crippen LogP contribution in [0.1, 0.15) is 51.4 Å². The van der Waals surface area contributed by atoms with Gasteiger partial charge in [0.2, 0.25) is 0 Å². The summed E-state index contributed by atoms with van der Waals surface area (Å²) in [7, 11) is 0. The predicted octanol–water partition coefficient (Wildman–Crippen LogP) is 3.69. The number of carbonyl (C=O) groups is 1. The van der Waals surface area contributed by atoms with Crippen LogP contribution in [0.4, 0.5) is 0 Å². The van der Waals surface area contributed by atoms with E-state index in [1.807, 2.05) is 0 Å². The minimum absolute atomic E-state index is 0.0160. The molecule has 0 bridgehead atoms. The van der Waals surface area contributed by atoms with Crippen molar-refractivity contribution in [2.45, 2.75) is 51.4 Å². The molecule has 0 radical (unpaired) electrons. The standard InChI is InChI=1S/C17H26O3/c1-12(19-10-13-6-7-13)15-4-2-3-5-16(15)17(18)20-11-14-8-9-14/h13-16H,1-11H2. The quantitative estimate of drug-likeness (QED) is 0.526. The van der Waals surface area contributed by atoms with E-state index in [1.54, 1.807) is 0 Å². The fourth-order valence-electron chi connectivity index (χ4n) is 3.01. The minimum Gasteiger partial charge on any atom is -0.498 e. The van der Waals surface area contributed by atoms with E-state index in [-0.39, 0.29) is 17.8 Å². The SMILES string of the molecule is C=C(OCC1CC1)C1CCCCC1C(=O)OCC1CC1. The highest BCUT2D eigenvalue weighted by Crippen LogP contribution is 2.38. The van der Waals surface area contributed by atoms with Crippen LogP contribution in [0.3, 0.4) is 0 Å². The highest BCUT2D eigenvalue weighted by Gasteiger charge is 2.36. The van der Waals surface area contributed by atoms with E-state index in [9.17, 15) is 4.79 Å². The molecule has 3 nitrogen and oxygen atoms in total. The van der Waals surface area contributed by atoms with Crippen LogP contribution in [-0.2, 0) is 14.3 Å². The van der Waals surface area contributed by atoms with Gasteiger partial charge < -0.3 is 9.47 Å². The summed E-state index contributed by atoms with van der Waals surface area (Å²) in [6, 6.07) is 0. The van der Waals surface area contributed by atoms with Gasteiger partial charge in [-0.2, -0.15) is 0 Å². The number of ether oxygens (including phenoxy) is 2. The van der Waals surface area contributed by atoms with Gasteiger partial charge in [-0.15, -0.1) is 0 Å². The second kappa shape index (κ2) is 6.19. The predicted molar refractivity (Wildman–Crippen MR) is 76.9 cm³/mol. The van der Waals surface area contributed by atoms with Gasteiger partial charge >= 0.3 is 5.97 Å². The van der Waals surface area contributed by atoms with E-state index in [2.05, 4.69) is 6.58 Å². The highest BCUT2D eigenvalue weighted by atomic mass is 16.5. The molecule has 0 saturated heterocycles. The van der Waals surface area contributed by atoms with Crippen LogP contribution in [0.25, 0.3) is 0 Å². The third kappa shape index (κ3) is 3.77. The Balaban J connectivity index is 1.50. The van der Waals surface area contributed by atoms with Crippen LogP contribution in [-0.4, -0.2) is 19.2 Å². The molecule has 0 aliphatic heterocycles. The molecule has 2 unspecified atom stereocenters. The smallest absolute Gasteiger partial charge is 0.309 e. The average Bonchev–Trinajstić information content (AvgIpc) is 3.36. The van der Waals surface area contributed by atoms with E-state index >= 15 is 0 Å². The summed E-state index contributed by atoms with van der Waals surface area (Å²) in [6.07, 6.45) is 9.25. The summed E-state index contributed by atoms with van der Waals surface area (Å²) >= 11 is 0. The Morgan fingerprint density at radius 3 is 2.00 bits per heavy atom. The molecule has 0 N–H and O–H groups in total. The lowest BCUT2D eigenvalue weighted by Crippen LogP contribution is -2.31. The molecule has 0 aromatic heterocycles. The topological polar surface area (TPSA) is 35.5 Å². The average molecular weight is 278 g/mol. The van der Waals surface area contributed by atoms with E-state index in [4.69, 9.17) is 9.47 Å². The molecule has 0 heterocycles. The van der Waals surface area contributed by atoms with Crippen molar-refractivity contribution in [2.24, 2.45) is 23.7 Å². The maximum Gasteiger partial charge on any atom is 0.309 e. The first kappa shape index (κ1) is 14.0. The van der Waals surface area contributed by atoms with E-state index < -0.39 is 0 Å². The summed E-state index contributed by atoms with van der Waals surface area (Å²) in [5.41, 5.74) is 0. The second-order valence-electron chi connectivity index (χ2n) is 6.79. The van der Waals surface area contributed by atoms with Gasteiger partial charge in [-0.3, -0.25) is 4.79 Å². The molecule has 112 valence electrons. The highest BCUT2D eigenvalue weighted by molar-refractivity contribution is 5.73. The third-order valence-corrected chi connectivity index (χ3v) is 4.84. The molecule has 3 saturated carbocycles. The molecule has 3 aliphatic rings. The lowest BCUT2D eigenvalue weighted by Gasteiger charge is -2.31. The van der Waals surface area contributed by atoms with Crippen LogP contribution in [0, 0.1) is 23.7 Å². The van der Waals surface area contributed by atoms with Crippen molar-refractivity contribution in [3.8, 4) is 0 Å². The maximum atomic E-state index is 12.3. The molecule has 20 heavy (non-hydrogen) atoms. The van der Waals surface area contributed by atoms with Crippen LogP contribution in [0.2, 0.25) is 0 Å². The van der Waals surface area contributed by atoms with Crippen molar-refractivity contribution < 1.29 is 14.3 Å². The van der Waals surface area contributed by atoms with Crippen molar-refractivity contribution in [1.82, 2.24) is 0 Å². The molecular formula is C17H26O3. The lowest BCUT2D eigenvalue weighted by atomic mass is 9.78. The molecule has 0 aromatic carbocycles. The van der Waals surface area contributed by atoms with E-state index in [0.29, 0.717) is 12.5 Å². The Morgan fingerprint density at radius 1 is 0.850 bits per heavy atom. The first-order valence-corrected chi connectivity index (χ1v) is 8.22. The first-order valence-electron chi connectivity index (χ1n) is 8.22. The molecule has 0 aromatic rings. The Labute approximate surface area is 121 Å². The van der Waals surface area contributed by atoms with Gasteiger partial charge in [0.25, 0.3) is 0 Å². The summed E-state index contributed by atoms with van der Waals surface area (Å²) < 4.78 is 11.3. The molecule has 3 aliphatic carbocycles. The zero-order valence-electron chi connectivity index (χ0n) is 12.3. The minimum atomic E-state index is -0.0193. The fourth-order valence-corrected chi connectivity index (χ4v) is 3.01. The molecule has 3 heteroatoms. The molecule has 2 atom stereocenters. The van der Waals surface area contributed by atoms with Crippen molar-refractivity contribution in [1.29, 1.82) is 0 Å². The summed E-state index contributed by atoms with van der Waals surface area (Å²) in [5.74, 6) is 2.33. The molecule has 3 rings (SSSR count). The van der Waals surface area contributed by atoms with Gasteiger partial charge in [-0.25, -0.2) is 0 Å². The maximum absolute atomic E-state index is 12.3. The zero-order chi connectivity index (χ0) is 13.9. The van der Waals surface area contributed by atoms with Crippen molar-refractivity contribution in [3.63, 3.8) is 0 Å². The Bertz CT molecular complexity index is 332. The van der Waals surface area contributed by atoms with Gasteiger partial charge in [0.1, 0.15) is 0 Å². The second-order valence-corrected chi connectivity index (χ2v) is 6.79. The summed E-state index contributed by atoms with van der Waals surface area (Å²) in [5, 5.41) is 0. The zero-order valence-corrected chi connectivity index (χ0v) is 12.3. The number of rotatable bonds is 7. The Hall–Kier alpha value is -0.990. The van der Waals surface area contributed by atoms with Gasteiger partial charge in [-0.1, -0.05) is 19.4 Å². The van der Waals surface area contributed by atoms with Crippen LogP contribution >= 0.6 is 0 Å². The number of hydrogen-bond acceptors (Lipinski definition) is 3. The van der Waals surface area contributed by atoms with Gasteiger partial charge in [0.15, 0.2) is 0 Å². The summed E-state index contributed by atoms with van der Waals surface area (Å²) in [4.78, 5) is 12.3. The summed E-state index contributed by atoms with van der Waals surface area (Å²) in [6.45, 7) is 5.50. The Morgan fingerprint density at radius 2 is 1.40 bits per heavy atom. The fraction of sp³-hybridized carbons (Fsp3) is 0.824. The molecule has 3 fully saturated rings. The molecular weight excluding hydrogens is 252 g/mol. The number of esters is 1. The number of hydrogen-bond donors (Lipinski definition) is 0. The molecule has 0 amide bonds. The Kier molecular flexibility index (Phi) is 4.32. The van der Waals surface area contributed by atoms with Gasteiger partial charge in [0, 0.05) is 5.92 Å². The van der Waals surface area contributed by atoms with E-state index in [1.165, 1.54) is 32.1 Å². The van der Waals surface area contributed by atoms with Crippen LogP contribution in [0.15, 0.2) is 12.3 Å². The van der Waals surface area contributed by atoms with Gasteiger partial charge in [-0.05, 0) is 50.4 Å². The molecule has 0 spiro atoms. The van der Waals surface area contributed by atoms with Crippen LogP contribution in [0.5, 0.6) is 0 Å². The van der Waals surface area contributed by atoms with Crippen LogP contribution < -0.4 is 0 Å². The lowest BCUT2D eigenvalue weighted by molar-refractivity contribution is -0.152. The van der Waals surface area contributed by atoms with E-state index in [0.717, 1.165) is 37.5 Å². The number of allylic oxidation sites excluding steroid dienone is 1. The number of carbonyl (C=O) groups excluding carboxylic acids is 1. The van der Waals surface area contributed by atoms with Gasteiger partial charge in [0.05, 0.1) is 24.9 Å².